The molecule has 2 heterocycles. The Bertz CT molecular complexity index is 1060. The van der Waals surface area contributed by atoms with Crippen molar-refractivity contribution in [2.24, 2.45) is 5.92 Å². The summed E-state index contributed by atoms with van der Waals surface area (Å²) in [6.45, 7) is 7.79. The number of aryl methyl sites for hydroxylation is 2. The van der Waals surface area contributed by atoms with E-state index in [0.717, 1.165) is 17.1 Å². The number of nitrogens with zero attached hydrogens (tertiary/aromatic N) is 3. The van der Waals surface area contributed by atoms with Crippen LogP contribution in [0.25, 0.3) is 5.69 Å². The minimum atomic E-state index is -3.12. The van der Waals surface area contributed by atoms with Crippen molar-refractivity contribution in [3.8, 4) is 5.69 Å². The first-order chi connectivity index (χ1) is 14.6. The van der Waals surface area contributed by atoms with E-state index in [-0.39, 0.29) is 29.4 Å². The first-order valence-electron chi connectivity index (χ1n) is 10.4. The van der Waals surface area contributed by atoms with Gasteiger partial charge in [0, 0.05) is 18.3 Å². The molecule has 0 N–H and O–H groups in total. The zero-order valence-electron chi connectivity index (χ0n) is 18.4. The van der Waals surface area contributed by atoms with Crippen molar-refractivity contribution in [2.75, 3.05) is 24.7 Å². The molecule has 3 rings (SSSR count). The number of ether oxygens (including phenoxy) is 1. The highest BCUT2D eigenvalue weighted by Gasteiger charge is 2.35. The van der Waals surface area contributed by atoms with Crippen molar-refractivity contribution >= 4 is 21.7 Å². The van der Waals surface area contributed by atoms with Gasteiger partial charge in [-0.1, -0.05) is 13.8 Å². The Morgan fingerprint density at radius 1 is 1.23 bits per heavy atom. The molecule has 0 spiro atoms. The van der Waals surface area contributed by atoms with E-state index in [0.29, 0.717) is 18.5 Å². The van der Waals surface area contributed by atoms with Crippen LogP contribution < -0.4 is 0 Å². The van der Waals surface area contributed by atoms with Crippen LogP contribution in [0.2, 0.25) is 0 Å². The smallest absolute Gasteiger partial charge is 0.338 e. The predicted octanol–water partition coefficient (Wildman–Crippen LogP) is 2.32. The largest absolute Gasteiger partial charge is 0.452 e. The molecule has 1 aliphatic rings. The summed E-state index contributed by atoms with van der Waals surface area (Å²) in [5, 5.41) is 4.41. The predicted molar refractivity (Wildman–Crippen MR) is 117 cm³/mol. The van der Waals surface area contributed by atoms with Crippen molar-refractivity contribution in [1.29, 1.82) is 0 Å². The van der Waals surface area contributed by atoms with Crippen molar-refractivity contribution in [1.82, 2.24) is 14.7 Å². The van der Waals surface area contributed by atoms with Crippen molar-refractivity contribution in [3.05, 3.63) is 47.3 Å². The summed E-state index contributed by atoms with van der Waals surface area (Å²) < 4.78 is 30.7. The van der Waals surface area contributed by atoms with Crippen LogP contribution in [-0.4, -0.2) is 65.7 Å². The standard InChI is InChI=1S/C22H29N3O5S/c1-15(2)12-24(20-9-10-31(28,29)14-20)21(26)13-30-22(27)18-5-7-19(8-6-18)25-17(4)11-16(3)23-25/h5-8,11,15,20H,9-10,12-14H2,1-4H3/t20-/m0/s1. The van der Waals surface area contributed by atoms with Crippen LogP contribution in [0.3, 0.4) is 0 Å². The topological polar surface area (TPSA) is 98.6 Å². The van der Waals surface area contributed by atoms with Gasteiger partial charge in [0.05, 0.1) is 28.5 Å². The number of rotatable bonds is 7. The monoisotopic (exact) mass is 447 g/mol. The third kappa shape index (κ3) is 5.72. The Balaban J connectivity index is 1.63. The number of hydrogen-bond acceptors (Lipinski definition) is 6. The lowest BCUT2D eigenvalue weighted by Gasteiger charge is -2.29. The van der Waals surface area contributed by atoms with Gasteiger partial charge in [-0.15, -0.1) is 0 Å². The Kier molecular flexibility index (Phi) is 6.83. The van der Waals surface area contributed by atoms with Gasteiger partial charge in [-0.2, -0.15) is 5.10 Å². The summed E-state index contributed by atoms with van der Waals surface area (Å²) in [5.74, 6) is -0.751. The van der Waals surface area contributed by atoms with Gasteiger partial charge in [-0.05, 0) is 56.5 Å². The molecule has 9 heteroatoms. The Labute approximate surface area is 183 Å². The van der Waals surface area contributed by atoms with Gasteiger partial charge in [-0.3, -0.25) is 4.79 Å². The molecule has 0 unspecified atom stereocenters. The van der Waals surface area contributed by atoms with E-state index in [9.17, 15) is 18.0 Å². The summed E-state index contributed by atoms with van der Waals surface area (Å²) in [7, 11) is -3.12. The molecule has 1 aromatic carbocycles. The van der Waals surface area contributed by atoms with E-state index < -0.39 is 22.4 Å². The summed E-state index contributed by atoms with van der Waals surface area (Å²) in [6.07, 6.45) is 0.419. The Morgan fingerprint density at radius 3 is 2.42 bits per heavy atom. The van der Waals surface area contributed by atoms with Gasteiger partial charge in [0.25, 0.3) is 5.91 Å². The third-order valence-corrected chi connectivity index (χ3v) is 6.97. The molecular weight excluding hydrogens is 418 g/mol. The molecule has 1 aliphatic heterocycles. The molecular formula is C22H29N3O5S. The molecule has 2 aromatic rings. The zero-order chi connectivity index (χ0) is 22.8. The van der Waals surface area contributed by atoms with Crippen LogP contribution in [-0.2, 0) is 19.4 Å². The highest BCUT2D eigenvalue weighted by molar-refractivity contribution is 7.91. The normalized spacial score (nSPS) is 17.6. The third-order valence-electron chi connectivity index (χ3n) is 5.22. The van der Waals surface area contributed by atoms with Crippen LogP contribution in [0.5, 0.6) is 0 Å². The van der Waals surface area contributed by atoms with Gasteiger partial charge in [0.2, 0.25) is 0 Å². The van der Waals surface area contributed by atoms with Crippen LogP contribution in [0.15, 0.2) is 30.3 Å². The number of hydrogen-bond donors (Lipinski definition) is 0. The molecule has 1 saturated heterocycles. The average molecular weight is 448 g/mol. The van der Waals surface area contributed by atoms with Crippen LogP contribution in [0.4, 0.5) is 0 Å². The molecule has 0 radical (unpaired) electrons. The van der Waals surface area contributed by atoms with E-state index in [2.05, 4.69) is 5.10 Å². The molecule has 1 fully saturated rings. The fraction of sp³-hybridized carbons (Fsp3) is 0.500. The van der Waals surface area contributed by atoms with Crippen molar-refractivity contribution in [2.45, 2.75) is 40.2 Å². The molecule has 8 nitrogen and oxygen atoms in total. The quantitative estimate of drug-likeness (QED) is 0.604. The summed E-state index contributed by atoms with van der Waals surface area (Å²) >= 11 is 0. The summed E-state index contributed by atoms with van der Waals surface area (Å²) in [5.41, 5.74) is 3.04. The van der Waals surface area contributed by atoms with E-state index in [4.69, 9.17) is 4.74 Å². The highest BCUT2D eigenvalue weighted by atomic mass is 32.2. The Morgan fingerprint density at radius 2 is 1.90 bits per heavy atom. The number of benzene rings is 1. The molecule has 1 amide bonds. The number of aromatic nitrogens is 2. The van der Waals surface area contributed by atoms with E-state index >= 15 is 0 Å². The fourth-order valence-corrected chi connectivity index (χ4v) is 5.52. The molecule has 0 saturated carbocycles. The second-order valence-corrected chi connectivity index (χ2v) is 10.7. The minimum absolute atomic E-state index is 0.0345. The highest BCUT2D eigenvalue weighted by Crippen LogP contribution is 2.20. The molecule has 31 heavy (non-hydrogen) atoms. The van der Waals surface area contributed by atoms with Crippen molar-refractivity contribution in [3.63, 3.8) is 0 Å². The number of amides is 1. The maximum atomic E-state index is 12.7. The second-order valence-electron chi connectivity index (χ2n) is 8.46. The number of carbonyl (C=O) groups is 2. The van der Waals surface area contributed by atoms with Gasteiger partial charge < -0.3 is 9.64 Å². The number of sulfone groups is 1. The first-order valence-corrected chi connectivity index (χ1v) is 12.2. The molecule has 168 valence electrons. The van der Waals surface area contributed by atoms with Gasteiger partial charge in [0.1, 0.15) is 0 Å². The maximum absolute atomic E-state index is 12.7. The molecule has 1 atom stereocenters. The van der Waals surface area contributed by atoms with Crippen LogP contribution >= 0.6 is 0 Å². The van der Waals surface area contributed by atoms with E-state index in [1.54, 1.807) is 33.8 Å². The molecule has 1 aromatic heterocycles. The first kappa shape index (κ1) is 23.0. The molecule has 0 bridgehead atoms. The second kappa shape index (κ2) is 9.21. The van der Waals surface area contributed by atoms with Gasteiger partial charge in [0.15, 0.2) is 16.4 Å². The Hall–Kier alpha value is -2.68. The zero-order valence-corrected chi connectivity index (χ0v) is 19.2. The minimum Gasteiger partial charge on any atom is -0.452 e. The number of esters is 1. The fourth-order valence-electron chi connectivity index (χ4n) is 3.79. The molecule has 0 aliphatic carbocycles. The van der Waals surface area contributed by atoms with Crippen LogP contribution in [0.1, 0.15) is 42.0 Å². The lowest BCUT2D eigenvalue weighted by molar-refractivity contribution is -0.137. The van der Waals surface area contributed by atoms with Gasteiger partial charge >= 0.3 is 5.97 Å². The lowest BCUT2D eigenvalue weighted by Crippen LogP contribution is -2.45. The summed E-state index contributed by atoms with van der Waals surface area (Å²) in [6, 6.07) is 8.41. The van der Waals surface area contributed by atoms with Crippen LogP contribution in [0, 0.1) is 19.8 Å². The van der Waals surface area contributed by atoms with Gasteiger partial charge in [-0.25, -0.2) is 17.9 Å². The van der Waals surface area contributed by atoms with Crippen molar-refractivity contribution < 1.29 is 22.7 Å². The maximum Gasteiger partial charge on any atom is 0.338 e. The van der Waals surface area contributed by atoms with E-state index in [1.165, 1.54) is 0 Å². The summed E-state index contributed by atoms with van der Waals surface area (Å²) in [4.78, 5) is 26.7. The SMILES string of the molecule is Cc1cc(C)n(-c2ccc(C(=O)OCC(=O)N(CC(C)C)[C@H]3CCS(=O)(=O)C3)cc2)n1. The average Bonchev–Trinajstić information content (AvgIpc) is 3.24. The van der Waals surface area contributed by atoms with E-state index in [1.807, 2.05) is 33.8 Å². The lowest BCUT2D eigenvalue weighted by atomic mass is 10.1. The number of carbonyl (C=O) groups excluding carboxylic acids is 2.